The van der Waals surface area contributed by atoms with Crippen molar-refractivity contribution in [3.05, 3.63) is 16.7 Å². The molecule has 0 aromatic heterocycles. The number of piperidine rings is 1. The molecule has 128 valence electrons. The molecule has 0 atom stereocenters. The topological polar surface area (TPSA) is 82.8 Å². The van der Waals surface area contributed by atoms with Gasteiger partial charge in [-0.25, -0.2) is 4.79 Å². The molecule has 0 aliphatic carbocycles. The van der Waals surface area contributed by atoms with Crippen LogP contribution in [0.15, 0.2) is 6.07 Å². The number of anilines is 1. The number of hydrogen-bond donors (Lipinski definition) is 2. The number of halogens is 2. The van der Waals surface area contributed by atoms with E-state index in [-0.39, 0.29) is 28.7 Å². The lowest BCUT2D eigenvalue weighted by Gasteiger charge is -2.24. The van der Waals surface area contributed by atoms with Crippen molar-refractivity contribution in [1.82, 2.24) is 5.32 Å². The third-order valence-corrected chi connectivity index (χ3v) is 4.24. The smallest absolute Gasteiger partial charge is 0.342 e. The highest BCUT2D eigenvalue weighted by Gasteiger charge is 2.27. The molecule has 2 aliphatic heterocycles. The molecule has 3 N–H and O–H groups in total. The SMILES string of the molecule is Cl.Nc1c(Cl)cc(C(=O)OCC2CCNCC2)c2c1OCCO2. The number of carbonyl (C=O) groups is 1. The van der Waals surface area contributed by atoms with Crippen molar-refractivity contribution in [2.24, 2.45) is 5.92 Å². The molecule has 0 bridgehead atoms. The Morgan fingerprint density at radius 3 is 2.65 bits per heavy atom. The van der Waals surface area contributed by atoms with Crippen LogP contribution in [-0.2, 0) is 4.74 Å². The van der Waals surface area contributed by atoms with E-state index in [1.54, 1.807) is 0 Å². The molecule has 0 amide bonds. The number of esters is 1. The Morgan fingerprint density at radius 1 is 1.30 bits per heavy atom. The largest absolute Gasteiger partial charge is 0.485 e. The minimum atomic E-state index is -0.456. The highest BCUT2D eigenvalue weighted by atomic mass is 35.5. The lowest BCUT2D eigenvalue weighted by Crippen LogP contribution is -2.30. The lowest BCUT2D eigenvalue weighted by atomic mass is 9.99. The standard InChI is InChI=1S/C15H19ClN2O4.ClH/c16-11-7-10(13-14(12(11)17)21-6-5-20-13)15(19)22-8-9-1-3-18-4-2-9;/h7,9,18H,1-6,8,17H2;1H. The summed E-state index contributed by atoms with van der Waals surface area (Å²) < 4.78 is 16.4. The molecule has 2 heterocycles. The summed E-state index contributed by atoms with van der Waals surface area (Å²) in [6.07, 6.45) is 2.01. The van der Waals surface area contributed by atoms with Gasteiger partial charge in [0.05, 0.1) is 17.3 Å². The molecular formula is C15H20Cl2N2O4. The zero-order valence-corrected chi connectivity index (χ0v) is 14.2. The first kappa shape index (κ1) is 18.0. The Balaban J connectivity index is 0.00000192. The molecule has 1 saturated heterocycles. The first-order valence-corrected chi connectivity index (χ1v) is 7.80. The van der Waals surface area contributed by atoms with Crippen LogP contribution in [0.2, 0.25) is 5.02 Å². The summed E-state index contributed by atoms with van der Waals surface area (Å²) in [7, 11) is 0. The van der Waals surface area contributed by atoms with Gasteiger partial charge in [0.25, 0.3) is 0 Å². The van der Waals surface area contributed by atoms with Crippen molar-refractivity contribution in [3.8, 4) is 11.5 Å². The van der Waals surface area contributed by atoms with E-state index in [0.717, 1.165) is 25.9 Å². The van der Waals surface area contributed by atoms with E-state index >= 15 is 0 Å². The van der Waals surface area contributed by atoms with E-state index < -0.39 is 5.97 Å². The average molecular weight is 363 g/mol. The molecule has 1 aromatic rings. The molecule has 0 unspecified atom stereocenters. The van der Waals surface area contributed by atoms with Crippen LogP contribution in [0.1, 0.15) is 23.2 Å². The molecule has 2 aliphatic rings. The number of hydrogen-bond acceptors (Lipinski definition) is 6. The third kappa shape index (κ3) is 3.94. The van der Waals surface area contributed by atoms with Crippen LogP contribution in [0, 0.1) is 5.92 Å². The first-order chi connectivity index (χ1) is 10.7. The Labute approximate surface area is 146 Å². The fraction of sp³-hybridized carbons (Fsp3) is 0.533. The maximum Gasteiger partial charge on any atom is 0.342 e. The van der Waals surface area contributed by atoms with Crippen LogP contribution in [0.4, 0.5) is 5.69 Å². The number of carbonyl (C=O) groups excluding carboxylic acids is 1. The summed E-state index contributed by atoms with van der Waals surface area (Å²) in [5, 5.41) is 3.54. The van der Waals surface area contributed by atoms with Crippen molar-refractivity contribution in [1.29, 1.82) is 0 Å². The molecule has 1 aromatic carbocycles. The Morgan fingerprint density at radius 2 is 1.96 bits per heavy atom. The van der Waals surface area contributed by atoms with Gasteiger partial charge in [-0.2, -0.15) is 0 Å². The Kier molecular flexibility index (Phi) is 6.21. The quantitative estimate of drug-likeness (QED) is 0.633. The minimum absolute atomic E-state index is 0. The van der Waals surface area contributed by atoms with Gasteiger partial charge in [0, 0.05) is 0 Å². The molecule has 6 nitrogen and oxygen atoms in total. The molecule has 0 saturated carbocycles. The molecule has 1 fully saturated rings. The second kappa shape index (κ2) is 7.95. The maximum atomic E-state index is 12.3. The number of rotatable bonds is 3. The maximum absolute atomic E-state index is 12.3. The minimum Gasteiger partial charge on any atom is -0.485 e. The highest BCUT2D eigenvalue weighted by Crippen LogP contribution is 2.43. The van der Waals surface area contributed by atoms with Crippen LogP contribution in [0.5, 0.6) is 11.5 Å². The Bertz CT molecular complexity index is 577. The van der Waals surface area contributed by atoms with Crippen LogP contribution < -0.4 is 20.5 Å². The van der Waals surface area contributed by atoms with Gasteiger partial charge in [-0.3, -0.25) is 0 Å². The summed E-state index contributed by atoms with van der Waals surface area (Å²) in [4.78, 5) is 12.3. The summed E-state index contributed by atoms with van der Waals surface area (Å²) in [6, 6.07) is 1.48. The molecular weight excluding hydrogens is 343 g/mol. The summed E-state index contributed by atoms with van der Waals surface area (Å²) in [5.74, 6) is 0.584. The number of nitrogens with two attached hydrogens (primary N) is 1. The van der Waals surface area contributed by atoms with Crippen LogP contribution in [0.25, 0.3) is 0 Å². The molecule has 3 rings (SSSR count). The van der Waals surface area contributed by atoms with Gasteiger partial charge in [0.2, 0.25) is 0 Å². The van der Waals surface area contributed by atoms with E-state index in [4.69, 9.17) is 31.5 Å². The van der Waals surface area contributed by atoms with Gasteiger partial charge in [0.15, 0.2) is 11.5 Å². The van der Waals surface area contributed by atoms with Gasteiger partial charge in [-0.15, -0.1) is 12.4 Å². The molecule has 0 radical (unpaired) electrons. The number of nitrogen functional groups attached to an aromatic ring is 1. The first-order valence-electron chi connectivity index (χ1n) is 7.42. The van der Waals surface area contributed by atoms with Crippen LogP contribution >= 0.6 is 24.0 Å². The summed E-state index contributed by atoms with van der Waals surface area (Å²) in [5.41, 5.74) is 6.42. The predicted octanol–water partition coefficient (Wildman–Crippen LogP) is 2.27. The van der Waals surface area contributed by atoms with Gasteiger partial charge < -0.3 is 25.3 Å². The van der Waals surface area contributed by atoms with Crippen LogP contribution in [-0.4, -0.2) is 38.9 Å². The van der Waals surface area contributed by atoms with Crippen molar-refractivity contribution >= 4 is 35.7 Å². The summed E-state index contributed by atoms with van der Waals surface area (Å²) in [6.45, 7) is 3.06. The van der Waals surface area contributed by atoms with Crippen LogP contribution in [0.3, 0.4) is 0 Å². The molecule has 8 heteroatoms. The zero-order valence-electron chi connectivity index (χ0n) is 12.6. The average Bonchev–Trinajstić information content (AvgIpc) is 2.57. The monoisotopic (exact) mass is 362 g/mol. The fourth-order valence-corrected chi connectivity index (χ4v) is 2.86. The van der Waals surface area contributed by atoms with Gasteiger partial charge >= 0.3 is 5.97 Å². The third-order valence-electron chi connectivity index (χ3n) is 3.93. The number of nitrogens with one attached hydrogen (secondary N) is 1. The van der Waals surface area contributed by atoms with Crippen molar-refractivity contribution in [3.63, 3.8) is 0 Å². The number of benzene rings is 1. The van der Waals surface area contributed by atoms with E-state index in [9.17, 15) is 4.79 Å². The van der Waals surface area contributed by atoms with E-state index in [1.807, 2.05) is 0 Å². The van der Waals surface area contributed by atoms with Gasteiger partial charge in [-0.05, 0) is 37.9 Å². The molecule has 0 spiro atoms. The van der Waals surface area contributed by atoms with Crippen molar-refractivity contribution in [2.45, 2.75) is 12.8 Å². The Hall–Kier alpha value is -1.37. The fourth-order valence-electron chi connectivity index (χ4n) is 2.67. The van der Waals surface area contributed by atoms with E-state index in [1.165, 1.54) is 6.07 Å². The normalized spacial score (nSPS) is 17.3. The van der Waals surface area contributed by atoms with Gasteiger partial charge in [-0.1, -0.05) is 11.6 Å². The van der Waals surface area contributed by atoms with Gasteiger partial charge in [0.1, 0.15) is 18.8 Å². The van der Waals surface area contributed by atoms with Crippen molar-refractivity contribution in [2.75, 3.05) is 38.6 Å². The van der Waals surface area contributed by atoms with E-state index in [2.05, 4.69) is 5.32 Å². The lowest BCUT2D eigenvalue weighted by molar-refractivity contribution is 0.0407. The summed E-state index contributed by atoms with van der Waals surface area (Å²) >= 11 is 6.07. The number of ether oxygens (including phenoxy) is 3. The van der Waals surface area contributed by atoms with Crippen molar-refractivity contribution < 1.29 is 19.0 Å². The second-order valence-corrected chi connectivity index (χ2v) is 5.87. The highest BCUT2D eigenvalue weighted by molar-refractivity contribution is 6.34. The second-order valence-electron chi connectivity index (χ2n) is 5.47. The predicted molar refractivity (Wildman–Crippen MR) is 90.0 cm³/mol. The number of fused-ring (bicyclic) bond motifs is 1. The zero-order chi connectivity index (χ0) is 15.5. The molecule has 23 heavy (non-hydrogen) atoms. The van der Waals surface area contributed by atoms with E-state index in [0.29, 0.717) is 37.2 Å².